The van der Waals surface area contributed by atoms with Crippen molar-refractivity contribution >= 4 is 11.8 Å². The van der Waals surface area contributed by atoms with E-state index in [2.05, 4.69) is 53.1 Å². The highest BCUT2D eigenvalue weighted by atomic mass is 16.5. The molecule has 2 saturated heterocycles. The van der Waals surface area contributed by atoms with E-state index in [0.29, 0.717) is 24.9 Å². The SMILES string of the molecule is CC(C)C(CNC(=O)c1cccc(C(=O)NCC(C(C)C)N2CCOCC2)n1)N1CCOCC1. The fourth-order valence-corrected chi connectivity index (χ4v) is 4.65. The molecule has 0 bridgehead atoms. The Morgan fingerprint density at radius 2 is 1.18 bits per heavy atom. The number of hydrogen-bond donors (Lipinski definition) is 2. The highest BCUT2D eigenvalue weighted by Crippen LogP contribution is 2.14. The number of nitrogens with one attached hydrogen (secondary N) is 2. The van der Waals surface area contributed by atoms with Crippen LogP contribution in [0, 0.1) is 11.8 Å². The minimum atomic E-state index is -0.262. The molecule has 34 heavy (non-hydrogen) atoms. The maximum absolute atomic E-state index is 12.8. The minimum absolute atomic E-state index is 0.229. The van der Waals surface area contributed by atoms with Crippen LogP contribution in [0.15, 0.2) is 18.2 Å². The van der Waals surface area contributed by atoms with Crippen molar-refractivity contribution in [3.8, 4) is 0 Å². The number of hydrogen-bond acceptors (Lipinski definition) is 7. The minimum Gasteiger partial charge on any atom is -0.379 e. The molecule has 1 aromatic heterocycles. The van der Waals surface area contributed by atoms with E-state index in [1.54, 1.807) is 18.2 Å². The molecule has 0 aliphatic carbocycles. The smallest absolute Gasteiger partial charge is 0.269 e. The van der Waals surface area contributed by atoms with Gasteiger partial charge in [0.1, 0.15) is 11.4 Å². The van der Waals surface area contributed by atoms with Crippen molar-refractivity contribution in [2.75, 3.05) is 65.7 Å². The third-order valence-corrected chi connectivity index (χ3v) is 6.73. The van der Waals surface area contributed by atoms with Gasteiger partial charge in [0.15, 0.2) is 0 Å². The summed E-state index contributed by atoms with van der Waals surface area (Å²) in [5, 5.41) is 6.04. The summed E-state index contributed by atoms with van der Waals surface area (Å²) >= 11 is 0. The van der Waals surface area contributed by atoms with Gasteiger partial charge in [-0.3, -0.25) is 19.4 Å². The molecule has 2 unspecified atom stereocenters. The molecule has 2 aliphatic rings. The molecule has 0 saturated carbocycles. The molecular weight excluding hydrogens is 434 g/mol. The Hall–Kier alpha value is -2.07. The van der Waals surface area contributed by atoms with Gasteiger partial charge in [-0.05, 0) is 24.0 Å². The molecule has 2 fully saturated rings. The summed E-state index contributed by atoms with van der Waals surface area (Å²) in [6.45, 7) is 16.1. The van der Waals surface area contributed by atoms with Crippen molar-refractivity contribution in [2.45, 2.75) is 39.8 Å². The molecule has 190 valence electrons. The van der Waals surface area contributed by atoms with Crippen LogP contribution >= 0.6 is 0 Å². The highest BCUT2D eigenvalue weighted by Gasteiger charge is 2.26. The molecular formula is C25H41N5O4. The van der Waals surface area contributed by atoms with E-state index in [4.69, 9.17) is 9.47 Å². The van der Waals surface area contributed by atoms with Gasteiger partial charge in [-0.2, -0.15) is 0 Å². The van der Waals surface area contributed by atoms with E-state index in [9.17, 15) is 9.59 Å². The number of morpholine rings is 2. The second kappa shape index (κ2) is 13.1. The number of carbonyl (C=O) groups is 2. The Labute approximate surface area is 203 Å². The Balaban J connectivity index is 1.56. The van der Waals surface area contributed by atoms with Crippen molar-refractivity contribution in [3.05, 3.63) is 29.6 Å². The second-order valence-corrected chi connectivity index (χ2v) is 9.75. The first-order valence-electron chi connectivity index (χ1n) is 12.5. The maximum Gasteiger partial charge on any atom is 0.269 e. The molecule has 0 radical (unpaired) electrons. The summed E-state index contributed by atoms with van der Waals surface area (Å²) in [7, 11) is 0. The standard InChI is InChI=1S/C25H41N5O4/c1-18(2)22(29-8-12-33-13-9-29)16-26-24(31)20-6-5-7-21(28-20)25(32)27-17-23(19(3)4)30-10-14-34-15-11-30/h5-7,18-19,22-23H,8-17H2,1-4H3,(H,26,31)(H,27,32). The van der Waals surface area contributed by atoms with E-state index >= 15 is 0 Å². The zero-order valence-electron chi connectivity index (χ0n) is 21.1. The van der Waals surface area contributed by atoms with E-state index in [1.807, 2.05) is 0 Å². The van der Waals surface area contributed by atoms with Crippen LogP contribution in [-0.2, 0) is 9.47 Å². The van der Waals surface area contributed by atoms with Gasteiger partial charge in [-0.1, -0.05) is 33.8 Å². The average Bonchev–Trinajstić information content (AvgIpc) is 2.85. The van der Waals surface area contributed by atoms with Crippen LogP contribution in [0.25, 0.3) is 0 Å². The van der Waals surface area contributed by atoms with E-state index in [1.165, 1.54) is 0 Å². The molecule has 2 atom stereocenters. The number of pyridine rings is 1. The van der Waals surface area contributed by atoms with Crippen LogP contribution in [0.5, 0.6) is 0 Å². The number of ether oxygens (including phenoxy) is 2. The van der Waals surface area contributed by atoms with Crippen LogP contribution in [0.4, 0.5) is 0 Å². The van der Waals surface area contributed by atoms with Crippen LogP contribution in [0.1, 0.15) is 48.7 Å². The number of carbonyl (C=O) groups excluding carboxylic acids is 2. The van der Waals surface area contributed by atoms with Crippen molar-refractivity contribution in [1.82, 2.24) is 25.4 Å². The number of nitrogens with zero attached hydrogens (tertiary/aromatic N) is 3. The lowest BCUT2D eigenvalue weighted by Crippen LogP contribution is -2.51. The van der Waals surface area contributed by atoms with Gasteiger partial charge in [-0.15, -0.1) is 0 Å². The van der Waals surface area contributed by atoms with Gasteiger partial charge < -0.3 is 20.1 Å². The van der Waals surface area contributed by atoms with Gasteiger partial charge in [0.25, 0.3) is 11.8 Å². The van der Waals surface area contributed by atoms with E-state index in [-0.39, 0.29) is 35.3 Å². The van der Waals surface area contributed by atoms with Gasteiger partial charge in [0, 0.05) is 51.4 Å². The van der Waals surface area contributed by atoms with Gasteiger partial charge in [0.2, 0.25) is 0 Å². The lowest BCUT2D eigenvalue weighted by molar-refractivity contribution is 0.00665. The number of amides is 2. The van der Waals surface area contributed by atoms with Crippen LogP contribution < -0.4 is 10.6 Å². The third kappa shape index (κ3) is 7.46. The van der Waals surface area contributed by atoms with Gasteiger partial charge >= 0.3 is 0 Å². The largest absolute Gasteiger partial charge is 0.379 e. The Morgan fingerprint density at radius 1 is 0.794 bits per heavy atom. The summed E-state index contributed by atoms with van der Waals surface area (Å²) < 4.78 is 10.9. The van der Waals surface area contributed by atoms with Crippen molar-refractivity contribution < 1.29 is 19.1 Å². The topological polar surface area (TPSA) is 96.0 Å². The normalized spacial score (nSPS) is 19.7. The molecule has 3 heterocycles. The lowest BCUT2D eigenvalue weighted by atomic mass is 10.0. The number of rotatable bonds is 10. The van der Waals surface area contributed by atoms with Crippen LogP contribution in [-0.4, -0.2) is 104 Å². The monoisotopic (exact) mass is 475 g/mol. The average molecular weight is 476 g/mol. The third-order valence-electron chi connectivity index (χ3n) is 6.73. The quantitative estimate of drug-likeness (QED) is 0.526. The molecule has 2 amide bonds. The maximum atomic E-state index is 12.8. The molecule has 2 N–H and O–H groups in total. The molecule has 0 aromatic carbocycles. The zero-order chi connectivity index (χ0) is 24.5. The fraction of sp³-hybridized carbons (Fsp3) is 0.720. The Kier molecular flexibility index (Phi) is 10.2. The summed E-state index contributed by atoms with van der Waals surface area (Å²) in [6, 6.07) is 5.46. The zero-order valence-corrected chi connectivity index (χ0v) is 21.1. The fourth-order valence-electron chi connectivity index (χ4n) is 4.65. The summed E-state index contributed by atoms with van der Waals surface area (Å²) in [5.41, 5.74) is 0.511. The molecule has 1 aromatic rings. The molecule has 9 heteroatoms. The number of aromatic nitrogens is 1. The lowest BCUT2D eigenvalue weighted by Gasteiger charge is -2.37. The van der Waals surface area contributed by atoms with Crippen LogP contribution in [0.2, 0.25) is 0 Å². The first kappa shape index (κ1) is 26.5. The molecule has 9 nitrogen and oxygen atoms in total. The highest BCUT2D eigenvalue weighted by molar-refractivity contribution is 5.96. The molecule has 2 aliphatic heterocycles. The van der Waals surface area contributed by atoms with Crippen molar-refractivity contribution in [2.24, 2.45) is 11.8 Å². The van der Waals surface area contributed by atoms with Gasteiger partial charge in [-0.25, -0.2) is 4.98 Å². The van der Waals surface area contributed by atoms with E-state index < -0.39 is 0 Å². The summed E-state index contributed by atoms with van der Waals surface area (Å²) in [4.78, 5) is 34.7. The Morgan fingerprint density at radius 3 is 1.53 bits per heavy atom. The summed E-state index contributed by atoms with van der Waals surface area (Å²) in [6.07, 6.45) is 0. The predicted octanol–water partition coefficient (Wildman–Crippen LogP) is 1.25. The van der Waals surface area contributed by atoms with Crippen molar-refractivity contribution in [1.29, 1.82) is 0 Å². The first-order valence-corrected chi connectivity index (χ1v) is 12.5. The predicted molar refractivity (Wildman–Crippen MR) is 131 cm³/mol. The van der Waals surface area contributed by atoms with Crippen LogP contribution in [0.3, 0.4) is 0 Å². The van der Waals surface area contributed by atoms with E-state index in [0.717, 1.165) is 52.6 Å². The Bertz CT molecular complexity index is 730. The first-order chi connectivity index (χ1) is 16.4. The second-order valence-electron chi connectivity index (χ2n) is 9.75. The summed E-state index contributed by atoms with van der Waals surface area (Å²) in [5.74, 6) is 0.261. The van der Waals surface area contributed by atoms with Crippen molar-refractivity contribution in [3.63, 3.8) is 0 Å². The molecule has 3 rings (SSSR count). The van der Waals surface area contributed by atoms with Gasteiger partial charge in [0.05, 0.1) is 26.4 Å². The molecule has 0 spiro atoms.